The van der Waals surface area contributed by atoms with Gasteiger partial charge in [0.2, 0.25) is 0 Å². The molecule has 0 saturated carbocycles. The first kappa shape index (κ1) is 15.4. The van der Waals surface area contributed by atoms with Crippen molar-refractivity contribution in [3.05, 3.63) is 53.8 Å². The van der Waals surface area contributed by atoms with Gasteiger partial charge < -0.3 is 8.98 Å². The van der Waals surface area contributed by atoms with Gasteiger partial charge in [0.25, 0.3) is 5.56 Å². The highest BCUT2D eigenvalue weighted by Crippen LogP contribution is 2.37. The number of aromatic nitrogens is 4. The van der Waals surface area contributed by atoms with E-state index in [0.717, 1.165) is 9.47 Å². The van der Waals surface area contributed by atoms with Gasteiger partial charge in [-0.05, 0) is 12.1 Å². The number of nitro groups is 1. The van der Waals surface area contributed by atoms with Gasteiger partial charge in [0.1, 0.15) is 10.7 Å². The summed E-state index contributed by atoms with van der Waals surface area (Å²) < 4.78 is 9.22. The fourth-order valence-electron chi connectivity index (χ4n) is 2.71. The molecule has 0 aromatic carbocycles. The van der Waals surface area contributed by atoms with Crippen LogP contribution in [0, 0.1) is 10.1 Å². The molecule has 1 aliphatic rings. The van der Waals surface area contributed by atoms with Gasteiger partial charge in [-0.3, -0.25) is 24.0 Å². The van der Waals surface area contributed by atoms with Crippen LogP contribution in [-0.2, 0) is 20.6 Å². The van der Waals surface area contributed by atoms with Crippen LogP contribution < -0.4 is 11.2 Å². The van der Waals surface area contributed by atoms with Crippen molar-refractivity contribution in [2.45, 2.75) is 11.7 Å². The Kier molecular flexibility index (Phi) is 3.22. The van der Waals surface area contributed by atoms with E-state index in [1.807, 2.05) is 0 Å². The van der Waals surface area contributed by atoms with Crippen LogP contribution in [-0.4, -0.2) is 23.6 Å². The fraction of sp³-hybridized carbons (Fsp3) is 0.214. The first-order chi connectivity index (χ1) is 11.9. The minimum atomic E-state index is -0.605. The molecule has 0 fully saturated rings. The maximum absolute atomic E-state index is 12.4. The Morgan fingerprint density at radius 3 is 2.76 bits per heavy atom. The van der Waals surface area contributed by atoms with Crippen LogP contribution >= 0.6 is 11.8 Å². The summed E-state index contributed by atoms with van der Waals surface area (Å²) in [4.78, 5) is 39.7. The molecule has 0 N–H and O–H groups in total. The molecule has 4 rings (SSSR count). The summed E-state index contributed by atoms with van der Waals surface area (Å²) in [6.45, 7) is 0.373. The zero-order valence-electron chi connectivity index (χ0n) is 13.1. The number of rotatable bonds is 2. The van der Waals surface area contributed by atoms with Gasteiger partial charge in [0.05, 0.1) is 12.6 Å². The van der Waals surface area contributed by atoms with E-state index < -0.39 is 16.2 Å². The van der Waals surface area contributed by atoms with Crippen LogP contribution in [0.1, 0.15) is 5.76 Å². The molecule has 10 nitrogen and oxygen atoms in total. The maximum atomic E-state index is 12.4. The van der Waals surface area contributed by atoms with Crippen molar-refractivity contribution in [2.75, 3.05) is 0 Å². The van der Waals surface area contributed by atoms with Crippen molar-refractivity contribution in [2.24, 2.45) is 14.1 Å². The average molecular weight is 361 g/mol. The second-order valence-corrected chi connectivity index (χ2v) is 6.60. The molecule has 1 aliphatic heterocycles. The third-order valence-electron chi connectivity index (χ3n) is 3.95. The topological polar surface area (TPSA) is 118 Å². The largest absolute Gasteiger partial charge is 0.433 e. The Bertz CT molecular complexity index is 1190. The standard InChI is InChI=1S/C14H11N5O5S/c1-16-11-10(12(20)17(2)14(16)21)18-6-8(25-13(18)15-11)5-7-3-4-9(24-7)19(22)23/h3-5H,6H2,1-2H3. The lowest BCUT2D eigenvalue weighted by molar-refractivity contribution is -0.402. The Morgan fingerprint density at radius 2 is 2.08 bits per heavy atom. The van der Waals surface area contributed by atoms with Crippen molar-refractivity contribution < 1.29 is 9.34 Å². The molecule has 0 aliphatic carbocycles. The summed E-state index contributed by atoms with van der Waals surface area (Å²) in [7, 11) is 2.99. The van der Waals surface area contributed by atoms with E-state index >= 15 is 0 Å². The summed E-state index contributed by atoms with van der Waals surface area (Å²) in [6, 6.07) is 2.79. The van der Waals surface area contributed by atoms with Crippen molar-refractivity contribution in [1.82, 2.24) is 18.7 Å². The lowest BCUT2D eigenvalue weighted by atomic mass is 10.4. The summed E-state index contributed by atoms with van der Waals surface area (Å²) in [5.74, 6) is 0.0199. The van der Waals surface area contributed by atoms with E-state index in [2.05, 4.69) is 4.98 Å². The molecular weight excluding hydrogens is 350 g/mol. The first-order valence-corrected chi connectivity index (χ1v) is 7.97. The summed E-state index contributed by atoms with van der Waals surface area (Å²) >= 11 is 1.32. The van der Waals surface area contributed by atoms with Crippen molar-refractivity contribution in [1.29, 1.82) is 0 Å². The van der Waals surface area contributed by atoms with Gasteiger partial charge in [-0.15, -0.1) is 0 Å². The van der Waals surface area contributed by atoms with Crippen molar-refractivity contribution >= 4 is 34.9 Å². The van der Waals surface area contributed by atoms with E-state index in [9.17, 15) is 19.7 Å². The Labute approximate surface area is 143 Å². The van der Waals surface area contributed by atoms with Gasteiger partial charge in [0.15, 0.2) is 16.3 Å². The number of nitrogens with zero attached hydrogens (tertiary/aromatic N) is 5. The quantitative estimate of drug-likeness (QED) is 0.495. The number of hydrogen-bond donors (Lipinski definition) is 0. The molecule has 25 heavy (non-hydrogen) atoms. The average Bonchev–Trinajstić information content (AvgIpc) is 3.25. The predicted octanol–water partition coefficient (Wildman–Crippen LogP) is 1.08. The van der Waals surface area contributed by atoms with Crippen molar-refractivity contribution in [3.8, 4) is 0 Å². The molecule has 0 amide bonds. The van der Waals surface area contributed by atoms with E-state index in [4.69, 9.17) is 4.42 Å². The number of furan rings is 1. The van der Waals surface area contributed by atoms with Crippen LogP contribution in [0.2, 0.25) is 0 Å². The van der Waals surface area contributed by atoms with E-state index in [1.165, 1.54) is 35.5 Å². The van der Waals surface area contributed by atoms with Crippen LogP contribution in [0.4, 0.5) is 5.88 Å². The molecule has 128 valence electrons. The molecule has 4 heterocycles. The number of fused-ring (bicyclic) bond motifs is 3. The third-order valence-corrected chi connectivity index (χ3v) is 4.95. The van der Waals surface area contributed by atoms with Gasteiger partial charge in [-0.1, -0.05) is 11.8 Å². The van der Waals surface area contributed by atoms with Crippen molar-refractivity contribution in [3.63, 3.8) is 0 Å². The fourth-order valence-corrected chi connectivity index (χ4v) is 3.71. The number of thioether (sulfide) groups is 1. The van der Waals surface area contributed by atoms with Crippen LogP contribution in [0.3, 0.4) is 0 Å². The number of allylic oxidation sites excluding steroid dienone is 1. The predicted molar refractivity (Wildman–Crippen MR) is 89.4 cm³/mol. The van der Waals surface area contributed by atoms with Crippen LogP contribution in [0.25, 0.3) is 17.2 Å². The van der Waals surface area contributed by atoms with E-state index in [1.54, 1.807) is 17.7 Å². The molecule has 3 aromatic heterocycles. The summed E-state index contributed by atoms with van der Waals surface area (Å²) in [5.41, 5.74) is -0.158. The molecule has 0 saturated heterocycles. The Hall–Kier alpha value is -3.08. The van der Waals surface area contributed by atoms with E-state index in [-0.39, 0.29) is 5.88 Å². The highest BCUT2D eigenvalue weighted by atomic mass is 32.2. The van der Waals surface area contributed by atoms with E-state index in [0.29, 0.717) is 28.6 Å². The third kappa shape index (κ3) is 2.23. The maximum Gasteiger partial charge on any atom is 0.433 e. The zero-order chi connectivity index (χ0) is 17.9. The first-order valence-electron chi connectivity index (χ1n) is 7.15. The molecule has 11 heteroatoms. The monoisotopic (exact) mass is 361 g/mol. The summed E-state index contributed by atoms with van der Waals surface area (Å²) in [5, 5.41) is 11.3. The van der Waals surface area contributed by atoms with Gasteiger partial charge in [0, 0.05) is 19.0 Å². The lowest BCUT2D eigenvalue weighted by Crippen LogP contribution is -2.37. The highest BCUT2D eigenvalue weighted by Gasteiger charge is 2.26. The number of aryl methyl sites for hydroxylation is 1. The van der Waals surface area contributed by atoms with Crippen LogP contribution in [0.5, 0.6) is 0 Å². The lowest BCUT2D eigenvalue weighted by Gasteiger charge is -2.04. The highest BCUT2D eigenvalue weighted by molar-refractivity contribution is 8.03. The number of imidazole rings is 1. The Morgan fingerprint density at radius 1 is 1.32 bits per heavy atom. The smallest absolute Gasteiger partial charge is 0.401 e. The Balaban J connectivity index is 1.79. The van der Waals surface area contributed by atoms with Gasteiger partial charge in [-0.2, -0.15) is 0 Å². The van der Waals surface area contributed by atoms with Gasteiger partial charge >= 0.3 is 11.6 Å². The molecular formula is C14H11N5O5S. The zero-order valence-corrected chi connectivity index (χ0v) is 13.9. The molecule has 0 bridgehead atoms. The molecule has 0 radical (unpaired) electrons. The molecule has 0 atom stereocenters. The minimum absolute atomic E-state index is 0.332. The van der Waals surface area contributed by atoms with Crippen LogP contribution in [0.15, 0.2) is 36.2 Å². The minimum Gasteiger partial charge on any atom is -0.401 e. The molecule has 3 aromatic rings. The number of hydrogen-bond acceptors (Lipinski definition) is 7. The normalized spacial score (nSPS) is 15.2. The SMILES string of the molecule is Cn1c(=O)c2c(nc3n2CC(=Cc2ccc([N+](=O)[O-])o2)S3)n(C)c1=O. The molecule has 0 unspecified atom stereocenters. The summed E-state index contributed by atoms with van der Waals surface area (Å²) in [6.07, 6.45) is 1.67. The molecule has 0 spiro atoms. The van der Waals surface area contributed by atoms with Gasteiger partial charge in [-0.25, -0.2) is 9.78 Å². The second-order valence-electron chi connectivity index (χ2n) is 5.50. The second kappa shape index (κ2) is 5.21.